The molecule has 1 aliphatic rings. The lowest BCUT2D eigenvalue weighted by molar-refractivity contribution is 0.101. The Labute approximate surface area is 119 Å². The molecule has 0 spiro atoms. The van der Waals surface area contributed by atoms with Crippen LogP contribution in [0.25, 0.3) is 0 Å². The van der Waals surface area contributed by atoms with E-state index < -0.39 is 10.0 Å². The summed E-state index contributed by atoms with van der Waals surface area (Å²) in [5, 5.41) is 9.23. The Kier molecular flexibility index (Phi) is 4.57. The molecule has 5 nitrogen and oxygen atoms in total. The first-order valence-corrected chi connectivity index (χ1v) is 8.16. The van der Waals surface area contributed by atoms with Gasteiger partial charge < -0.3 is 5.11 Å². The summed E-state index contributed by atoms with van der Waals surface area (Å²) in [6.07, 6.45) is 2.50. The topological polar surface area (TPSA) is 83.5 Å². The molecule has 2 atom stereocenters. The molecule has 2 N–H and O–H groups in total. The zero-order chi connectivity index (χ0) is 14.8. The fourth-order valence-corrected chi connectivity index (χ4v) is 3.89. The SMILES string of the molecule is CC(=O)c1ccc(S(=O)(=O)NC2CCCC2CO)cc1. The molecule has 0 radical (unpaired) electrons. The molecule has 1 aromatic carbocycles. The van der Waals surface area contributed by atoms with E-state index in [1.807, 2.05) is 0 Å². The molecule has 20 heavy (non-hydrogen) atoms. The quantitative estimate of drug-likeness (QED) is 0.803. The molecular formula is C14H19NO4S. The Morgan fingerprint density at radius 2 is 1.95 bits per heavy atom. The maximum absolute atomic E-state index is 12.3. The largest absolute Gasteiger partial charge is 0.396 e. The standard InChI is InChI=1S/C14H19NO4S/c1-10(17)11-5-7-13(8-6-11)20(18,19)15-14-4-2-3-12(14)9-16/h5-8,12,14-16H,2-4,9H2,1H3. The van der Waals surface area contributed by atoms with Crippen LogP contribution >= 0.6 is 0 Å². The minimum Gasteiger partial charge on any atom is -0.396 e. The van der Waals surface area contributed by atoms with Gasteiger partial charge in [-0.05, 0) is 37.8 Å². The van der Waals surface area contributed by atoms with E-state index in [0.29, 0.717) is 5.56 Å². The molecule has 110 valence electrons. The van der Waals surface area contributed by atoms with Crippen molar-refractivity contribution in [2.45, 2.75) is 37.1 Å². The van der Waals surface area contributed by atoms with Gasteiger partial charge in [0.25, 0.3) is 0 Å². The molecule has 1 aromatic rings. The van der Waals surface area contributed by atoms with Crippen LogP contribution in [0, 0.1) is 5.92 Å². The minimum absolute atomic E-state index is 0.00351. The molecule has 1 fully saturated rings. The van der Waals surface area contributed by atoms with Gasteiger partial charge in [0, 0.05) is 18.2 Å². The van der Waals surface area contributed by atoms with Crippen LogP contribution in [0.3, 0.4) is 0 Å². The third-order valence-electron chi connectivity index (χ3n) is 3.77. The number of aliphatic hydroxyl groups excluding tert-OH is 1. The highest BCUT2D eigenvalue weighted by molar-refractivity contribution is 7.89. The van der Waals surface area contributed by atoms with E-state index in [0.717, 1.165) is 19.3 Å². The number of nitrogens with one attached hydrogen (secondary N) is 1. The first-order valence-electron chi connectivity index (χ1n) is 6.68. The Bertz CT molecular complexity index is 580. The van der Waals surface area contributed by atoms with Gasteiger partial charge in [-0.15, -0.1) is 0 Å². The molecule has 1 saturated carbocycles. The second-order valence-corrected chi connectivity index (χ2v) is 6.90. The summed E-state index contributed by atoms with van der Waals surface area (Å²) < 4.78 is 27.2. The monoisotopic (exact) mass is 297 g/mol. The number of hydrogen-bond acceptors (Lipinski definition) is 4. The number of carbonyl (C=O) groups excluding carboxylic acids is 1. The fraction of sp³-hybridized carbons (Fsp3) is 0.500. The third-order valence-corrected chi connectivity index (χ3v) is 5.28. The van der Waals surface area contributed by atoms with Gasteiger partial charge in [-0.3, -0.25) is 4.79 Å². The number of rotatable bonds is 5. The number of Topliss-reactive ketones (excluding diaryl/α,β-unsaturated/α-hetero) is 1. The maximum atomic E-state index is 12.3. The van der Waals surface area contributed by atoms with Crippen LogP contribution in [0.4, 0.5) is 0 Å². The third kappa shape index (κ3) is 3.26. The number of carbonyl (C=O) groups is 1. The normalized spacial score (nSPS) is 22.9. The molecule has 0 amide bonds. The van der Waals surface area contributed by atoms with Gasteiger partial charge in [-0.25, -0.2) is 13.1 Å². The van der Waals surface area contributed by atoms with Crippen molar-refractivity contribution < 1.29 is 18.3 Å². The average Bonchev–Trinajstić information content (AvgIpc) is 2.85. The summed E-state index contributed by atoms with van der Waals surface area (Å²) in [5.74, 6) is -0.112. The molecule has 2 rings (SSSR count). The van der Waals surface area contributed by atoms with E-state index in [1.165, 1.54) is 31.2 Å². The molecular weight excluding hydrogens is 278 g/mol. The van der Waals surface area contributed by atoms with Crippen molar-refractivity contribution >= 4 is 15.8 Å². The molecule has 0 aromatic heterocycles. The maximum Gasteiger partial charge on any atom is 0.240 e. The van der Waals surface area contributed by atoms with E-state index >= 15 is 0 Å². The number of ketones is 1. The van der Waals surface area contributed by atoms with Gasteiger partial charge >= 0.3 is 0 Å². The van der Waals surface area contributed by atoms with Crippen molar-refractivity contribution in [2.24, 2.45) is 5.92 Å². The minimum atomic E-state index is -3.60. The molecule has 0 bridgehead atoms. The van der Waals surface area contributed by atoms with Crippen molar-refractivity contribution in [1.82, 2.24) is 4.72 Å². The van der Waals surface area contributed by atoms with Gasteiger partial charge in [0.05, 0.1) is 4.90 Å². The lowest BCUT2D eigenvalue weighted by atomic mass is 10.1. The van der Waals surface area contributed by atoms with E-state index in [4.69, 9.17) is 0 Å². The summed E-state index contributed by atoms with van der Waals surface area (Å²) >= 11 is 0. The summed E-state index contributed by atoms with van der Waals surface area (Å²) in [6.45, 7) is 1.43. The molecule has 6 heteroatoms. The van der Waals surface area contributed by atoms with Gasteiger partial charge in [0.1, 0.15) is 0 Å². The van der Waals surface area contributed by atoms with Crippen molar-refractivity contribution in [3.05, 3.63) is 29.8 Å². The van der Waals surface area contributed by atoms with Crippen molar-refractivity contribution in [3.63, 3.8) is 0 Å². The Morgan fingerprint density at radius 3 is 2.50 bits per heavy atom. The molecule has 0 heterocycles. The highest BCUT2D eigenvalue weighted by Crippen LogP contribution is 2.26. The molecule has 0 saturated heterocycles. The summed E-state index contributed by atoms with van der Waals surface area (Å²) in [6, 6.07) is 5.67. The lowest BCUT2D eigenvalue weighted by Crippen LogP contribution is -2.38. The van der Waals surface area contributed by atoms with Gasteiger partial charge in [-0.1, -0.05) is 18.6 Å². The van der Waals surface area contributed by atoms with E-state index in [9.17, 15) is 18.3 Å². The zero-order valence-electron chi connectivity index (χ0n) is 11.4. The number of benzene rings is 1. The second-order valence-electron chi connectivity index (χ2n) is 5.18. The van der Waals surface area contributed by atoms with Crippen molar-refractivity contribution in [1.29, 1.82) is 0 Å². The van der Waals surface area contributed by atoms with Crippen LogP contribution in [0.1, 0.15) is 36.5 Å². The van der Waals surface area contributed by atoms with Crippen LogP contribution < -0.4 is 4.72 Å². The highest BCUT2D eigenvalue weighted by Gasteiger charge is 2.30. The Morgan fingerprint density at radius 1 is 1.30 bits per heavy atom. The predicted octanol–water partition coefficient (Wildman–Crippen LogP) is 1.33. The van der Waals surface area contributed by atoms with E-state index in [1.54, 1.807) is 0 Å². The fourth-order valence-electron chi connectivity index (χ4n) is 2.55. The van der Waals surface area contributed by atoms with Crippen LogP contribution in [0.5, 0.6) is 0 Å². The number of hydrogen-bond donors (Lipinski definition) is 2. The van der Waals surface area contributed by atoms with Crippen LogP contribution in [-0.2, 0) is 10.0 Å². The predicted molar refractivity (Wildman–Crippen MR) is 75.0 cm³/mol. The highest BCUT2D eigenvalue weighted by atomic mass is 32.2. The van der Waals surface area contributed by atoms with Crippen molar-refractivity contribution in [3.8, 4) is 0 Å². The summed E-state index contributed by atoms with van der Waals surface area (Å²) in [4.78, 5) is 11.3. The lowest BCUT2D eigenvalue weighted by Gasteiger charge is -2.19. The zero-order valence-corrected chi connectivity index (χ0v) is 12.2. The van der Waals surface area contributed by atoms with Gasteiger partial charge in [0.2, 0.25) is 10.0 Å². The smallest absolute Gasteiger partial charge is 0.240 e. The first-order chi connectivity index (χ1) is 9.44. The van der Waals surface area contributed by atoms with Crippen molar-refractivity contribution in [2.75, 3.05) is 6.61 Å². The van der Waals surface area contributed by atoms with E-state index in [-0.39, 0.29) is 29.2 Å². The number of aliphatic hydroxyl groups is 1. The summed E-state index contributed by atoms with van der Waals surface area (Å²) in [5.41, 5.74) is 0.484. The average molecular weight is 297 g/mol. The van der Waals surface area contributed by atoms with Crippen LogP contribution in [0.15, 0.2) is 29.2 Å². The molecule has 1 aliphatic carbocycles. The van der Waals surface area contributed by atoms with Crippen LogP contribution in [0.2, 0.25) is 0 Å². The Hall–Kier alpha value is -1.24. The van der Waals surface area contributed by atoms with Gasteiger partial charge in [0.15, 0.2) is 5.78 Å². The second kappa shape index (κ2) is 6.03. The van der Waals surface area contributed by atoms with Gasteiger partial charge in [-0.2, -0.15) is 0 Å². The summed E-state index contributed by atoms with van der Waals surface area (Å²) in [7, 11) is -3.60. The van der Waals surface area contributed by atoms with E-state index in [2.05, 4.69) is 4.72 Å². The first kappa shape index (κ1) is 15.2. The van der Waals surface area contributed by atoms with Crippen LogP contribution in [-0.4, -0.2) is 32.0 Å². The molecule has 2 unspecified atom stereocenters. The number of sulfonamides is 1. The molecule has 0 aliphatic heterocycles. The Balaban J connectivity index is 2.15.